The van der Waals surface area contributed by atoms with Gasteiger partial charge in [-0.2, -0.15) is 0 Å². The normalized spacial score (nSPS) is 51.0. The van der Waals surface area contributed by atoms with Gasteiger partial charge in [0.15, 0.2) is 6.29 Å². The van der Waals surface area contributed by atoms with Gasteiger partial charge < -0.3 is 34.6 Å². The molecule has 5 aliphatic carbocycles. The maximum Gasteiger partial charge on any atom is 0.306 e. The van der Waals surface area contributed by atoms with Crippen LogP contribution in [0.1, 0.15) is 113 Å². The SMILES string of the molecule is COC1OC(C(O)C(C)(O)CO)CC1C1CCC23CC12CCC1C2(C)CCC(OC(=O)CC(C)C)C(C)(C)C2CC(O)C13C. The van der Waals surface area contributed by atoms with Gasteiger partial charge in [-0.3, -0.25) is 4.79 Å². The van der Waals surface area contributed by atoms with Gasteiger partial charge >= 0.3 is 5.97 Å². The van der Waals surface area contributed by atoms with Gasteiger partial charge in [0.25, 0.3) is 0 Å². The first kappa shape index (κ1) is 33.1. The molecule has 8 nitrogen and oxygen atoms in total. The molecule has 1 heterocycles. The number of aliphatic hydroxyl groups is 4. The van der Waals surface area contributed by atoms with Crippen LogP contribution in [0.5, 0.6) is 0 Å². The van der Waals surface area contributed by atoms with Crippen LogP contribution in [0.3, 0.4) is 0 Å². The molecule has 0 aromatic rings. The molecular weight excluding hydrogens is 560 g/mol. The van der Waals surface area contributed by atoms with Crippen molar-refractivity contribution in [2.45, 2.75) is 149 Å². The number of hydrogen-bond donors (Lipinski definition) is 4. The Kier molecular flexibility index (Phi) is 8.00. The summed E-state index contributed by atoms with van der Waals surface area (Å²) in [6, 6.07) is 0. The zero-order chi connectivity index (χ0) is 32.3. The molecule has 5 saturated carbocycles. The summed E-state index contributed by atoms with van der Waals surface area (Å²) in [6.07, 6.45) is 6.38. The number of rotatable bonds is 8. The third kappa shape index (κ3) is 4.32. The van der Waals surface area contributed by atoms with Crippen molar-refractivity contribution in [2.75, 3.05) is 13.7 Å². The van der Waals surface area contributed by atoms with E-state index in [0.29, 0.717) is 24.7 Å². The third-order valence-electron chi connectivity index (χ3n) is 15.2. The lowest BCUT2D eigenvalue weighted by Crippen LogP contribution is -2.66. The summed E-state index contributed by atoms with van der Waals surface area (Å²) in [4.78, 5) is 12.7. The summed E-state index contributed by atoms with van der Waals surface area (Å²) in [5.41, 5.74) is -1.77. The summed E-state index contributed by atoms with van der Waals surface area (Å²) in [6.45, 7) is 14.5. The molecule has 0 bridgehead atoms. The molecular formula is C36H60O8. The molecule has 252 valence electrons. The van der Waals surface area contributed by atoms with Crippen LogP contribution in [0.2, 0.25) is 0 Å². The fourth-order valence-electron chi connectivity index (χ4n) is 13.0. The van der Waals surface area contributed by atoms with Crippen LogP contribution in [0, 0.1) is 56.7 Å². The smallest absolute Gasteiger partial charge is 0.306 e. The Morgan fingerprint density at radius 2 is 1.75 bits per heavy atom. The Hall–Kier alpha value is -0.770. The molecule has 14 unspecified atom stereocenters. The van der Waals surface area contributed by atoms with Crippen molar-refractivity contribution in [3.05, 3.63) is 0 Å². The van der Waals surface area contributed by atoms with E-state index in [2.05, 4.69) is 41.5 Å². The molecule has 0 amide bonds. The Balaban J connectivity index is 1.25. The minimum absolute atomic E-state index is 0.0661. The fourth-order valence-corrected chi connectivity index (χ4v) is 13.0. The first-order valence-electron chi connectivity index (χ1n) is 17.5. The van der Waals surface area contributed by atoms with Gasteiger partial charge in [-0.1, -0.05) is 41.5 Å². The van der Waals surface area contributed by atoms with Crippen molar-refractivity contribution in [3.8, 4) is 0 Å². The van der Waals surface area contributed by atoms with Crippen molar-refractivity contribution in [1.82, 2.24) is 0 Å². The molecule has 44 heavy (non-hydrogen) atoms. The van der Waals surface area contributed by atoms with Crippen LogP contribution in [-0.2, 0) is 19.0 Å². The highest BCUT2D eigenvalue weighted by Gasteiger charge is 2.86. The van der Waals surface area contributed by atoms with Gasteiger partial charge in [-0.25, -0.2) is 0 Å². The van der Waals surface area contributed by atoms with Crippen LogP contribution in [0.4, 0.5) is 0 Å². The van der Waals surface area contributed by atoms with Crippen molar-refractivity contribution < 1.29 is 39.4 Å². The topological polar surface area (TPSA) is 126 Å². The van der Waals surface area contributed by atoms with Crippen LogP contribution in [0.25, 0.3) is 0 Å². The molecule has 0 radical (unpaired) electrons. The van der Waals surface area contributed by atoms with Crippen molar-refractivity contribution >= 4 is 5.97 Å². The van der Waals surface area contributed by atoms with Crippen molar-refractivity contribution in [2.24, 2.45) is 56.7 Å². The number of carbonyl (C=O) groups is 1. The fraction of sp³-hybridized carbons (Fsp3) is 0.972. The molecule has 0 aromatic heterocycles. The van der Waals surface area contributed by atoms with Gasteiger partial charge in [0, 0.05) is 30.3 Å². The zero-order valence-corrected chi connectivity index (χ0v) is 28.5. The highest BCUT2D eigenvalue weighted by Crippen LogP contribution is 2.91. The first-order chi connectivity index (χ1) is 20.4. The molecule has 6 rings (SSSR count). The Labute approximate surface area is 264 Å². The molecule has 6 aliphatic rings. The van der Waals surface area contributed by atoms with Crippen LogP contribution < -0.4 is 0 Å². The Morgan fingerprint density at radius 1 is 1.05 bits per heavy atom. The molecule has 1 aliphatic heterocycles. The van der Waals surface area contributed by atoms with Crippen LogP contribution in [0.15, 0.2) is 0 Å². The predicted molar refractivity (Wildman–Crippen MR) is 165 cm³/mol. The van der Waals surface area contributed by atoms with Crippen LogP contribution >= 0.6 is 0 Å². The van der Waals surface area contributed by atoms with E-state index in [1.165, 1.54) is 6.92 Å². The van der Waals surface area contributed by atoms with Crippen molar-refractivity contribution in [1.29, 1.82) is 0 Å². The van der Waals surface area contributed by atoms with Crippen LogP contribution in [-0.4, -0.2) is 76.4 Å². The standard InChI is InChI=1S/C36H60O8/c1-20(2)15-28(39)44-27-11-12-32(5)24-10-13-35-18-36(35,34(24,7)26(38)17-25(32)31(27,3)4)14-9-22(35)21-16-23(43-30(21)42-8)29(40)33(6,41)19-37/h20-27,29-30,37-38,40-41H,9-19H2,1-8H3. The van der Waals surface area contributed by atoms with Gasteiger partial charge in [-0.15, -0.1) is 0 Å². The lowest BCUT2D eigenvalue weighted by Gasteiger charge is -2.68. The summed E-state index contributed by atoms with van der Waals surface area (Å²) in [5.74, 6) is 1.31. The minimum Gasteiger partial charge on any atom is -0.462 e. The highest BCUT2D eigenvalue weighted by molar-refractivity contribution is 5.69. The number of carbonyl (C=O) groups excluding carboxylic acids is 1. The van der Waals surface area contributed by atoms with Gasteiger partial charge in [0.05, 0.1) is 18.8 Å². The zero-order valence-electron chi connectivity index (χ0n) is 28.5. The molecule has 8 heteroatoms. The molecule has 6 fully saturated rings. The molecule has 4 N–H and O–H groups in total. The minimum atomic E-state index is -1.64. The molecule has 14 atom stereocenters. The lowest BCUT2D eigenvalue weighted by atomic mass is 9.37. The summed E-state index contributed by atoms with van der Waals surface area (Å²) >= 11 is 0. The van der Waals surface area contributed by atoms with E-state index in [1.807, 2.05) is 0 Å². The molecule has 1 saturated heterocycles. The number of fused-ring (bicyclic) bond motifs is 3. The van der Waals surface area contributed by atoms with E-state index in [4.69, 9.17) is 14.2 Å². The number of methoxy groups -OCH3 is 1. The maximum absolute atomic E-state index is 12.7. The second kappa shape index (κ2) is 10.6. The second-order valence-electron chi connectivity index (χ2n) is 17.8. The van der Waals surface area contributed by atoms with Gasteiger partial charge in [0.2, 0.25) is 0 Å². The number of aliphatic hydroxyl groups excluding tert-OH is 3. The molecule has 0 aromatic carbocycles. The summed E-state index contributed by atoms with van der Waals surface area (Å²) in [5, 5.41) is 43.5. The Bertz CT molecular complexity index is 1120. The van der Waals surface area contributed by atoms with E-state index >= 15 is 0 Å². The monoisotopic (exact) mass is 620 g/mol. The third-order valence-corrected chi connectivity index (χ3v) is 15.2. The van der Waals surface area contributed by atoms with E-state index in [9.17, 15) is 25.2 Å². The Morgan fingerprint density at radius 3 is 2.39 bits per heavy atom. The average Bonchev–Trinajstić information content (AvgIpc) is 3.27. The van der Waals surface area contributed by atoms with E-state index in [0.717, 1.165) is 51.4 Å². The number of esters is 1. The maximum atomic E-state index is 12.7. The largest absolute Gasteiger partial charge is 0.462 e. The molecule has 0 spiro atoms. The summed E-state index contributed by atoms with van der Waals surface area (Å²) in [7, 11) is 1.66. The first-order valence-corrected chi connectivity index (χ1v) is 17.5. The van der Waals surface area contributed by atoms with Gasteiger partial charge in [-0.05, 0) is 105 Å². The van der Waals surface area contributed by atoms with E-state index < -0.39 is 36.8 Å². The van der Waals surface area contributed by atoms with E-state index in [1.54, 1.807) is 7.11 Å². The van der Waals surface area contributed by atoms with E-state index in [-0.39, 0.29) is 56.9 Å². The predicted octanol–water partition coefficient (Wildman–Crippen LogP) is 4.84. The highest BCUT2D eigenvalue weighted by atomic mass is 16.7. The second-order valence-corrected chi connectivity index (χ2v) is 17.8. The van der Waals surface area contributed by atoms with Gasteiger partial charge in [0.1, 0.15) is 17.8 Å². The lowest BCUT2D eigenvalue weighted by molar-refractivity contribution is -0.246. The summed E-state index contributed by atoms with van der Waals surface area (Å²) < 4.78 is 18.2. The number of ether oxygens (including phenoxy) is 3. The average molecular weight is 621 g/mol. The quantitative estimate of drug-likeness (QED) is 0.284. The van der Waals surface area contributed by atoms with Crippen molar-refractivity contribution in [3.63, 3.8) is 0 Å². The number of hydrogen-bond acceptors (Lipinski definition) is 8.